The maximum absolute atomic E-state index is 13.8. The number of pyridine rings is 3. The Morgan fingerprint density at radius 3 is 2.70 bits per heavy atom. The highest BCUT2D eigenvalue weighted by molar-refractivity contribution is 6.00. The molecule has 1 amide bonds. The van der Waals surface area contributed by atoms with Gasteiger partial charge in [0.15, 0.2) is 0 Å². The zero-order chi connectivity index (χ0) is 26.8. The number of alkyl halides is 2. The van der Waals surface area contributed by atoms with Crippen molar-refractivity contribution in [3.63, 3.8) is 0 Å². The molecule has 3 aromatic heterocycles. The topological polar surface area (TPSA) is 136 Å². The Kier molecular flexibility index (Phi) is 7.23. The van der Waals surface area contributed by atoms with E-state index in [-0.39, 0.29) is 37.3 Å². The first-order valence-corrected chi connectivity index (χ1v) is 12.0. The van der Waals surface area contributed by atoms with E-state index in [2.05, 4.69) is 30.9 Å². The van der Waals surface area contributed by atoms with E-state index in [1.165, 1.54) is 12.4 Å². The molecule has 4 rings (SSSR count). The first kappa shape index (κ1) is 26.2. The summed E-state index contributed by atoms with van der Waals surface area (Å²) < 4.78 is 27.7. The highest BCUT2D eigenvalue weighted by atomic mass is 19.3. The Morgan fingerprint density at radius 1 is 1.24 bits per heavy atom. The van der Waals surface area contributed by atoms with E-state index in [9.17, 15) is 18.7 Å². The fourth-order valence-corrected chi connectivity index (χ4v) is 3.98. The van der Waals surface area contributed by atoms with Gasteiger partial charge in [-0.25, -0.2) is 18.7 Å². The number of nitriles is 1. The molecule has 1 saturated carbocycles. The third kappa shape index (κ3) is 6.46. The first-order chi connectivity index (χ1) is 17.4. The van der Waals surface area contributed by atoms with Gasteiger partial charge in [0.05, 0.1) is 33.4 Å². The predicted molar refractivity (Wildman–Crippen MR) is 136 cm³/mol. The molecule has 1 fully saturated rings. The summed E-state index contributed by atoms with van der Waals surface area (Å²) in [6, 6.07) is 8.18. The van der Waals surface area contributed by atoms with Crippen molar-refractivity contribution in [2.24, 2.45) is 5.92 Å². The van der Waals surface area contributed by atoms with Crippen LogP contribution in [-0.2, 0) is 0 Å². The van der Waals surface area contributed by atoms with Crippen LogP contribution in [0, 0.1) is 17.2 Å². The van der Waals surface area contributed by atoms with Gasteiger partial charge in [-0.3, -0.25) is 9.78 Å². The summed E-state index contributed by atoms with van der Waals surface area (Å²) in [4.78, 5) is 26.0. The molecule has 194 valence electrons. The van der Waals surface area contributed by atoms with Crippen molar-refractivity contribution in [2.75, 3.05) is 17.2 Å². The Balaban J connectivity index is 1.59. The molecule has 0 bridgehead atoms. The number of aromatic nitrogens is 3. The lowest BCUT2D eigenvalue weighted by Gasteiger charge is -2.26. The van der Waals surface area contributed by atoms with Crippen molar-refractivity contribution in [2.45, 2.75) is 57.6 Å². The van der Waals surface area contributed by atoms with Gasteiger partial charge < -0.3 is 21.1 Å². The van der Waals surface area contributed by atoms with Crippen LogP contribution in [0.25, 0.3) is 11.0 Å². The number of hydrogen-bond acceptors (Lipinski definition) is 8. The SMILES string of the molecule is C[C@H](CNC(=O)c1cnc(Nc2ccc3ncc(C#N)cc3n2)cc1NC1CCC(F)(F)C1)C(C)(C)O. The van der Waals surface area contributed by atoms with E-state index in [1.807, 2.05) is 13.0 Å². The number of halogens is 2. The number of amides is 1. The molecular formula is C26H29F2N7O2. The predicted octanol–water partition coefficient (Wildman–Crippen LogP) is 4.38. The van der Waals surface area contributed by atoms with Crippen LogP contribution in [0.4, 0.5) is 26.1 Å². The van der Waals surface area contributed by atoms with Crippen LogP contribution in [0.1, 0.15) is 56.0 Å². The molecule has 9 nitrogen and oxygen atoms in total. The summed E-state index contributed by atoms with van der Waals surface area (Å²) in [5, 5.41) is 28.2. The van der Waals surface area contributed by atoms with E-state index in [0.29, 0.717) is 33.9 Å². The van der Waals surface area contributed by atoms with Crippen LogP contribution in [-0.4, -0.2) is 50.1 Å². The molecule has 1 aliphatic carbocycles. The number of hydrogen-bond donors (Lipinski definition) is 4. The van der Waals surface area contributed by atoms with Crippen molar-refractivity contribution >= 4 is 34.3 Å². The molecule has 4 N–H and O–H groups in total. The van der Waals surface area contributed by atoms with Crippen LogP contribution in [0.3, 0.4) is 0 Å². The minimum absolute atomic E-state index is 0.207. The fraction of sp³-hybridized carbons (Fsp3) is 0.423. The van der Waals surface area contributed by atoms with Crippen LogP contribution >= 0.6 is 0 Å². The van der Waals surface area contributed by atoms with Crippen molar-refractivity contribution in [1.29, 1.82) is 5.26 Å². The number of nitrogens with zero attached hydrogens (tertiary/aromatic N) is 4. The fourth-order valence-electron chi connectivity index (χ4n) is 3.98. The molecule has 0 spiro atoms. The molecule has 2 atom stereocenters. The standard InChI is InChI=1S/C26H29F2N7O2/c1-15(25(2,3)37)12-32-24(36)18-14-31-23(9-20(18)33-17-6-7-26(27,28)10-17)35-22-5-4-19-21(34-22)8-16(11-29)13-30-19/h4-5,8-9,13-15,17,37H,6-7,10,12H2,1-3H3,(H,32,36)(H2,31,33,34,35)/t15-,17?/m1/s1. The van der Waals surface area contributed by atoms with Crippen LogP contribution in [0.5, 0.6) is 0 Å². The molecule has 1 unspecified atom stereocenters. The van der Waals surface area contributed by atoms with Gasteiger partial charge in [-0.15, -0.1) is 0 Å². The number of aliphatic hydroxyl groups is 1. The molecule has 3 heterocycles. The van der Waals surface area contributed by atoms with Crippen molar-refractivity contribution in [3.05, 3.63) is 47.8 Å². The smallest absolute Gasteiger partial charge is 0.254 e. The summed E-state index contributed by atoms with van der Waals surface area (Å²) in [5.41, 5.74) is 1.11. The second-order valence-electron chi connectivity index (χ2n) is 10.0. The summed E-state index contributed by atoms with van der Waals surface area (Å²) in [7, 11) is 0. The zero-order valence-corrected chi connectivity index (χ0v) is 20.8. The minimum atomic E-state index is -2.75. The average molecular weight is 510 g/mol. The summed E-state index contributed by atoms with van der Waals surface area (Å²) in [6.45, 7) is 5.37. The van der Waals surface area contributed by atoms with Gasteiger partial charge in [0, 0.05) is 49.8 Å². The van der Waals surface area contributed by atoms with E-state index in [4.69, 9.17) is 5.26 Å². The third-order valence-electron chi connectivity index (χ3n) is 6.61. The molecule has 0 aliphatic heterocycles. The second-order valence-corrected chi connectivity index (χ2v) is 10.0. The quantitative estimate of drug-likeness (QED) is 0.351. The Bertz CT molecular complexity index is 1350. The third-order valence-corrected chi connectivity index (χ3v) is 6.61. The molecule has 1 aliphatic rings. The van der Waals surface area contributed by atoms with Crippen LogP contribution in [0.15, 0.2) is 36.7 Å². The summed E-state index contributed by atoms with van der Waals surface area (Å²) >= 11 is 0. The van der Waals surface area contributed by atoms with Crippen LogP contribution in [0.2, 0.25) is 0 Å². The van der Waals surface area contributed by atoms with E-state index < -0.39 is 23.5 Å². The molecule has 0 radical (unpaired) electrons. The Morgan fingerprint density at radius 2 is 2.03 bits per heavy atom. The highest BCUT2D eigenvalue weighted by Gasteiger charge is 2.39. The number of fused-ring (bicyclic) bond motifs is 1. The highest BCUT2D eigenvalue weighted by Crippen LogP contribution is 2.37. The van der Waals surface area contributed by atoms with Gasteiger partial charge >= 0.3 is 0 Å². The summed E-state index contributed by atoms with van der Waals surface area (Å²) in [5.74, 6) is -2.61. The van der Waals surface area contributed by atoms with Gasteiger partial charge in [0.2, 0.25) is 5.92 Å². The van der Waals surface area contributed by atoms with E-state index in [0.717, 1.165) is 0 Å². The first-order valence-electron chi connectivity index (χ1n) is 12.0. The number of rotatable bonds is 8. The van der Waals surface area contributed by atoms with Crippen molar-refractivity contribution in [3.8, 4) is 6.07 Å². The molecule has 3 aromatic rings. The monoisotopic (exact) mass is 509 g/mol. The van der Waals surface area contributed by atoms with Gasteiger partial charge in [-0.1, -0.05) is 6.92 Å². The Hall–Kier alpha value is -3.91. The normalized spacial score (nSPS) is 17.7. The molecule has 37 heavy (non-hydrogen) atoms. The Labute approximate surface area is 213 Å². The maximum atomic E-state index is 13.8. The van der Waals surface area contributed by atoms with E-state index >= 15 is 0 Å². The molecular weight excluding hydrogens is 480 g/mol. The van der Waals surface area contributed by atoms with E-state index in [1.54, 1.807) is 38.1 Å². The molecule has 0 saturated heterocycles. The van der Waals surface area contributed by atoms with Gasteiger partial charge in [0.1, 0.15) is 17.7 Å². The second kappa shape index (κ2) is 10.2. The van der Waals surface area contributed by atoms with Crippen molar-refractivity contribution < 1.29 is 18.7 Å². The molecule has 0 aromatic carbocycles. The lowest BCUT2D eigenvalue weighted by molar-refractivity contribution is 0.00850. The number of carbonyl (C=O) groups is 1. The van der Waals surface area contributed by atoms with Crippen molar-refractivity contribution in [1.82, 2.24) is 20.3 Å². The lowest BCUT2D eigenvalue weighted by atomic mass is 9.93. The number of nitrogens with one attached hydrogen (secondary N) is 3. The van der Waals surface area contributed by atoms with Crippen LogP contribution < -0.4 is 16.0 Å². The average Bonchev–Trinajstić information content (AvgIpc) is 3.19. The molecule has 11 heteroatoms. The maximum Gasteiger partial charge on any atom is 0.254 e. The largest absolute Gasteiger partial charge is 0.390 e. The zero-order valence-electron chi connectivity index (χ0n) is 20.8. The van der Waals surface area contributed by atoms with Gasteiger partial charge in [-0.05, 0) is 38.5 Å². The lowest BCUT2D eigenvalue weighted by Crippen LogP contribution is -2.39. The number of anilines is 3. The summed E-state index contributed by atoms with van der Waals surface area (Å²) in [6.07, 6.45) is 2.57. The van der Waals surface area contributed by atoms with Gasteiger partial charge in [0.25, 0.3) is 5.91 Å². The minimum Gasteiger partial charge on any atom is -0.390 e. The number of carbonyl (C=O) groups excluding carboxylic acids is 1. The van der Waals surface area contributed by atoms with Gasteiger partial charge in [-0.2, -0.15) is 5.26 Å².